The summed E-state index contributed by atoms with van der Waals surface area (Å²) >= 11 is 0. The highest BCUT2D eigenvalue weighted by Crippen LogP contribution is 2.36. The number of nitrogens with zero attached hydrogens (tertiary/aromatic N) is 1. The van der Waals surface area contributed by atoms with Crippen molar-refractivity contribution in [1.29, 1.82) is 0 Å². The maximum absolute atomic E-state index is 12.6. The lowest BCUT2D eigenvalue weighted by Gasteiger charge is -2.35. The Kier molecular flexibility index (Phi) is 6.18. The third kappa shape index (κ3) is 4.38. The van der Waals surface area contributed by atoms with Gasteiger partial charge in [0, 0.05) is 44.4 Å². The average molecular weight is 365 g/mol. The van der Waals surface area contributed by atoms with Crippen molar-refractivity contribution in [2.45, 2.75) is 12.5 Å². The van der Waals surface area contributed by atoms with E-state index in [4.69, 9.17) is 19.9 Å². The minimum Gasteiger partial charge on any atom is -0.486 e. The minimum atomic E-state index is -0.477. The summed E-state index contributed by atoms with van der Waals surface area (Å²) in [6, 6.07) is 3.25. The summed E-state index contributed by atoms with van der Waals surface area (Å²) in [6.07, 6.45) is 0.343. The molecule has 1 aromatic carbocycles. The van der Waals surface area contributed by atoms with Gasteiger partial charge in [-0.05, 0) is 19.0 Å². The van der Waals surface area contributed by atoms with E-state index in [1.54, 1.807) is 19.2 Å². The van der Waals surface area contributed by atoms with Gasteiger partial charge in [-0.1, -0.05) is 0 Å². The van der Waals surface area contributed by atoms with Crippen LogP contribution < -0.4 is 20.5 Å². The third-order valence-corrected chi connectivity index (χ3v) is 4.85. The molecule has 0 radical (unpaired) electrons. The van der Waals surface area contributed by atoms with Gasteiger partial charge in [0.05, 0.1) is 18.3 Å². The van der Waals surface area contributed by atoms with Gasteiger partial charge in [0.1, 0.15) is 13.2 Å². The number of hydrogen-bond acceptors (Lipinski definition) is 7. The summed E-state index contributed by atoms with van der Waals surface area (Å²) in [4.78, 5) is 14.8. The van der Waals surface area contributed by atoms with Crippen molar-refractivity contribution in [3.8, 4) is 11.5 Å². The third-order valence-electron chi connectivity index (χ3n) is 4.85. The SMILES string of the molecule is COCCN1CC[C@@H](CNC(=O)c2cc(N)cc3c2OCCO3)C(O)C1. The van der Waals surface area contributed by atoms with E-state index in [1.165, 1.54) is 0 Å². The average Bonchev–Trinajstić information content (AvgIpc) is 2.64. The molecule has 2 heterocycles. The molecule has 0 spiro atoms. The molecule has 0 aromatic heterocycles. The van der Waals surface area contributed by atoms with Gasteiger partial charge in [-0.3, -0.25) is 9.69 Å². The molecule has 1 amide bonds. The predicted molar refractivity (Wildman–Crippen MR) is 96.6 cm³/mol. The number of piperidine rings is 1. The summed E-state index contributed by atoms with van der Waals surface area (Å²) in [5.74, 6) is 0.672. The van der Waals surface area contributed by atoms with E-state index in [9.17, 15) is 9.90 Å². The Morgan fingerprint density at radius 3 is 3.00 bits per heavy atom. The Labute approximate surface area is 153 Å². The maximum Gasteiger partial charge on any atom is 0.255 e. The van der Waals surface area contributed by atoms with E-state index in [0.29, 0.717) is 55.7 Å². The van der Waals surface area contributed by atoms with Gasteiger partial charge in [0.25, 0.3) is 5.91 Å². The minimum absolute atomic E-state index is 0.0202. The summed E-state index contributed by atoms with van der Waals surface area (Å²) in [6.45, 7) is 4.17. The van der Waals surface area contributed by atoms with Crippen LogP contribution in [0.1, 0.15) is 16.8 Å². The van der Waals surface area contributed by atoms with E-state index >= 15 is 0 Å². The number of benzene rings is 1. The highest BCUT2D eigenvalue weighted by molar-refractivity contribution is 5.99. The number of aliphatic hydroxyl groups is 1. The molecule has 8 heteroatoms. The fourth-order valence-electron chi connectivity index (χ4n) is 3.37. The molecule has 26 heavy (non-hydrogen) atoms. The molecule has 0 aliphatic carbocycles. The van der Waals surface area contributed by atoms with Gasteiger partial charge in [-0.25, -0.2) is 0 Å². The molecule has 2 aliphatic rings. The van der Waals surface area contributed by atoms with Crippen molar-refractivity contribution in [2.75, 3.05) is 58.8 Å². The molecule has 2 aliphatic heterocycles. The van der Waals surface area contributed by atoms with E-state index in [-0.39, 0.29) is 11.8 Å². The highest BCUT2D eigenvalue weighted by Gasteiger charge is 2.28. The van der Waals surface area contributed by atoms with Crippen LogP contribution in [0.25, 0.3) is 0 Å². The molecule has 144 valence electrons. The Hall–Kier alpha value is -2.03. The Morgan fingerprint density at radius 1 is 1.42 bits per heavy atom. The first-order valence-electron chi connectivity index (χ1n) is 8.95. The van der Waals surface area contributed by atoms with E-state index in [0.717, 1.165) is 19.5 Å². The monoisotopic (exact) mass is 365 g/mol. The number of amides is 1. The molecule has 1 aromatic rings. The lowest BCUT2D eigenvalue weighted by atomic mass is 9.93. The number of rotatable bonds is 6. The zero-order chi connectivity index (χ0) is 18.5. The number of β-amino-alcohol motifs (C(OH)–C–C–N with tert-alkyl or cyclic N) is 1. The Bertz CT molecular complexity index is 639. The molecule has 0 saturated carbocycles. The molecular weight excluding hydrogens is 338 g/mol. The van der Waals surface area contributed by atoms with Crippen LogP contribution in [0.5, 0.6) is 11.5 Å². The Balaban J connectivity index is 1.57. The number of nitrogens with two attached hydrogens (primary N) is 1. The fraction of sp³-hybridized carbons (Fsp3) is 0.611. The van der Waals surface area contributed by atoms with E-state index < -0.39 is 6.10 Å². The largest absolute Gasteiger partial charge is 0.486 e. The number of nitrogen functional groups attached to an aromatic ring is 1. The van der Waals surface area contributed by atoms with Crippen molar-refractivity contribution in [3.63, 3.8) is 0 Å². The first kappa shape index (κ1) is 18.8. The van der Waals surface area contributed by atoms with Gasteiger partial charge in [0.2, 0.25) is 0 Å². The molecule has 1 unspecified atom stereocenters. The van der Waals surface area contributed by atoms with Crippen molar-refractivity contribution < 1.29 is 24.1 Å². The van der Waals surface area contributed by atoms with Crippen molar-refractivity contribution in [1.82, 2.24) is 10.2 Å². The van der Waals surface area contributed by atoms with Gasteiger partial charge in [-0.2, -0.15) is 0 Å². The van der Waals surface area contributed by atoms with Crippen LogP contribution in [0.4, 0.5) is 5.69 Å². The van der Waals surface area contributed by atoms with Crippen LogP contribution in [0.2, 0.25) is 0 Å². The summed E-state index contributed by atoms with van der Waals surface area (Å²) < 4.78 is 16.2. The zero-order valence-corrected chi connectivity index (χ0v) is 15.1. The van der Waals surface area contributed by atoms with Gasteiger partial charge >= 0.3 is 0 Å². The smallest absolute Gasteiger partial charge is 0.255 e. The lowest BCUT2D eigenvalue weighted by molar-refractivity contribution is 0.0132. The molecule has 1 fully saturated rings. The van der Waals surface area contributed by atoms with E-state index in [2.05, 4.69) is 10.2 Å². The normalized spacial score (nSPS) is 22.8. The molecule has 1 saturated heterocycles. The number of anilines is 1. The molecule has 4 N–H and O–H groups in total. The first-order chi connectivity index (χ1) is 12.6. The first-order valence-corrected chi connectivity index (χ1v) is 8.95. The summed E-state index contributed by atoms with van der Waals surface area (Å²) in [5, 5.41) is 13.3. The zero-order valence-electron chi connectivity index (χ0n) is 15.1. The quantitative estimate of drug-likeness (QED) is 0.614. The topological polar surface area (TPSA) is 106 Å². The van der Waals surface area contributed by atoms with Gasteiger partial charge in [-0.15, -0.1) is 0 Å². The van der Waals surface area contributed by atoms with Crippen molar-refractivity contribution in [2.24, 2.45) is 5.92 Å². The van der Waals surface area contributed by atoms with Crippen LogP contribution in [-0.2, 0) is 4.74 Å². The highest BCUT2D eigenvalue weighted by atomic mass is 16.6. The van der Waals surface area contributed by atoms with E-state index in [1.807, 2.05) is 0 Å². The van der Waals surface area contributed by atoms with Crippen LogP contribution in [0.3, 0.4) is 0 Å². The number of nitrogens with one attached hydrogen (secondary N) is 1. The second kappa shape index (κ2) is 8.57. The number of fused-ring (bicyclic) bond motifs is 1. The van der Waals surface area contributed by atoms with Crippen LogP contribution in [0.15, 0.2) is 12.1 Å². The van der Waals surface area contributed by atoms with Crippen molar-refractivity contribution >= 4 is 11.6 Å². The van der Waals surface area contributed by atoms with Crippen LogP contribution in [0, 0.1) is 5.92 Å². The van der Waals surface area contributed by atoms with Gasteiger partial charge < -0.3 is 30.4 Å². The number of carbonyl (C=O) groups excluding carboxylic acids is 1. The maximum atomic E-state index is 12.6. The summed E-state index contributed by atoms with van der Waals surface area (Å²) in [5.41, 5.74) is 6.68. The molecule has 8 nitrogen and oxygen atoms in total. The number of methoxy groups -OCH3 is 1. The lowest BCUT2D eigenvalue weighted by Crippen LogP contribution is -2.48. The van der Waals surface area contributed by atoms with Gasteiger partial charge in [0.15, 0.2) is 11.5 Å². The number of hydrogen-bond donors (Lipinski definition) is 3. The van der Waals surface area contributed by atoms with Crippen molar-refractivity contribution in [3.05, 3.63) is 17.7 Å². The Morgan fingerprint density at radius 2 is 2.23 bits per heavy atom. The number of ether oxygens (including phenoxy) is 3. The second-order valence-corrected chi connectivity index (χ2v) is 6.71. The predicted octanol–water partition coefficient (Wildman–Crippen LogP) is 0.0990. The molecule has 2 atom stereocenters. The number of aliphatic hydroxyl groups excluding tert-OH is 1. The van der Waals surface area contributed by atoms with Crippen LogP contribution >= 0.6 is 0 Å². The number of carbonyl (C=O) groups is 1. The molecule has 0 bridgehead atoms. The number of likely N-dealkylation sites (tertiary alicyclic amines) is 1. The fourth-order valence-corrected chi connectivity index (χ4v) is 3.37. The second-order valence-electron chi connectivity index (χ2n) is 6.71. The van der Waals surface area contributed by atoms with Crippen LogP contribution in [-0.4, -0.2) is 75.1 Å². The molecular formula is C18H27N3O5. The summed E-state index contributed by atoms with van der Waals surface area (Å²) in [7, 11) is 1.67. The molecule has 3 rings (SSSR count). The standard InChI is InChI=1S/C18H27N3O5/c1-24-5-4-21-3-2-12(15(22)11-21)10-20-18(23)14-8-13(19)9-16-17(14)26-7-6-25-16/h8-9,12,15,22H,2-7,10-11,19H2,1H3,(H,20,23)/t12-,15?/m0/s1.